The first kappa shape index (κ1) is 22.3. The second kappa shape index (κ2) is 10.5. The van der Waals surface area contributed by atoms with Crippen molar-refractivity contribution in [3.05, 3.63) is 46.4 Å². The summed E-state index contributed by atoms with van der Waals surface area (Å²) in [6.45, 7) is 3.08. The van der Waals surface area contributed by atoms with E-state index in [0.29, 0.717) is 30.4 Å². The highest BCUT2D eigenvalue weighted by molar-refractivity contribution is 14.0. The molecule has 1 aliphatic rings. The number of carbonyl (C=O) groups is 1. The molecule has 1 heterocycles. The number of aryl methyl sites for hydroxylation is 1. The molecule has 0 aliphatic carbocycles. The average molecular weight is 561 g/mol. The molecule has 0 atom stereocenters. The molecule has 0 aromatic heterocycles. The molecule has 2 aromatic rings. The molecule has 0 saturated carbocycles. The van der Waals surface area contributed by atoms with Gasteiger partial charge in [0.25, 0.3) is 0 Å². The van der Waals surface area contributed by atoms with Crippen molar-refractivity contribution in [3.8, 4) is 11.5 Å². The van der Waals surface area contributed by atoms with Crippen LogP contribution >= 0.6 is 39.9 Å². The summed E-state index contributed by atoms with van der Waals surface area (Å²) < 4.78 is 12.1. The molecule has 150 valence electrons. The van der Waals surface area contributed by atoms with Crippen molar-refractivity contribution in [2.45, 2.75) is 13.3 Å². The normalized spacial score (nSPS) is 13.1. The van der Waals surface area contributed by atoms with Crippen molar-refractivity contribution in [2.24, 2.45) is 10.7 Å². The van der Waals surface area contributed by atoms with Crippen LogP contribution in [0, 0.1) is 6.92 Å². The molecule has 7 nitrogen and oxygen atoms in total. The van der Waals surface area contributed by atoms with Crippen LogP contribution in [0.15, 0.2) is 45.9 Å². The molecule has 0 radical (unpaired) electrons. The molecule has 0 saturated heterocycles. The lowest BCUT2D eigenvalue weighted by molar-refractivity contribution is -0.114. The number of nitrogens with one attached hydrogen (secondary N) is 2. The van der Waals surface area contributed by atoms with Crippen molar-refractivity contribution in [1.82, 2.24) is 0 Å². The predicted molar refractivity (Wildman–Crippen MR) is 125 cm³/mol. The maximum Gasteiger partial charge on any atom is 0.246 e. The van der Waals surface area contributed by atoms with Crippen LogP contribution in [0.1, 0.15) is 12.0 Å². The van der Waals surface area contributed by atoms with Crippen LogP contribution in [0.2, 0.25) is 0 Å². The van der Waals surface area contributed by atoms with Crippen LogP contribution in [0.4, 0.5) is 11.4 Å². The molecular weight excluding hydrogens is 539 g/mol. The number of hydrogen-bond donors (Lipinski definition) is 3. The number of rotatable bonds is 4. The first-order chi connectivity index (χ1) is 13.0. The van der Waals surface area contributed by atoms with Crippen LogP contribution in [0.5, 0.6) is 11.5 Å². The summed E-state index contributed by atoms with van der Waals surface area (Å²) in [6.07, 6.45) is 0.841. The number of nitrogens with two attached hydrogens (primary N) is 1. The van der Waals surface area contributed by atoms with Crippen LogP contribution < -0.4 is 25.8 Å². The number of halogens is 2. The van der Waals surface area contributed by atoms with E-state index in [4.69, 9.17) is 15.2 Å². The zero-order valence-corrected chi connectivity index (χ0v) is 19.2. The number of carbonyl (C=O) groups excluding carboxylic acids is 1. The minimum atomic E-state index is -0.250. The number of anilines is 2. The molecule has 9 heteroatoms. The molecule has 1 aliphatic heterocycles. The second-order valence-electron chi connectivity index (χ2n) is 6.05. The lowest BCUT2D eigenvalue weighted by Crippen LogP contribution is -2.25. The third-order valence-corrected chi connectivity index (χ3v) is 4.38. The molecule has 3 rings (SSSR count). The molecular formula is C19H22BrIN4O3. The van der Waals surface area contributed by atoms with E-state index >= 15 is 0 Å². The van der Waals surface area contributed by atoms with Gasteiger partial charge < -0.3 is 25.8 Å². The number of nitrogens with zero attached hydrogens (tertiary/aromatic N) is 1. The number of fused-ring (bicyclic) bond motifs is 1. The number of benzene rings is 2. The zero-order valence-electron chi connectivity index (χ0n) is 15.3. The van der Waals surface area contributed by atoms with Gasteiger partial charge in [-0.1, -0.05) is 22.0 Å². The monoisotopic (exact) mass is 560 g/mol. The molecule has 0 spiro atoms. The van der Waals surface area contributed by atoms with Crippen LogP contribution in [0.25, 0.3) is 0 Å². The van der Waals surface area contributed by atoms with Gasteiger partial charge in [-0.25, -0.2) is 4.99 Å². The molecule has 4 N–H and O–H groups in total. The van der Waals surface area contributed by atoms with Crippen LogP contribution in [-0.2, 0) is 4.79 Å². The standard InChI is InChI=1S/C19H21BrN4O3.HI/c1-12-3-4-13(20)9-15(12)24-18(25)11-22-19(21)23-14-5-6-16-17(10-14)27-8-2-7-26-16;/h3-6,9-10H,2,7-8,11H2,1H3,(H,24,25)(H3,21,22,23);1H. The fourth-order valence-electron chi connectivity index (χ4n) is 2.50. The highest BCUT2D eigenvalue weighted by Gasteiger charge is 2.11. The summed E-state index contributed by atoms with van der Waals surface area (Å²) in [6, 6.07) is 11.1. The fourth-order valence-corrected chi connectivity index (χ4v) is 2.87. The first-order valence-electron chi connectivity index (χ1n) is 8.54. The number of amides is 1. The molecule has 0 unspecified atom stereocenters. The van der Waals surface area contributed by atoms with Crippen molar-refractivity contribution >= 4 is 63.1 Å². The Morgan fingerprint density at radius 3 is 2.68 bits per heavy atom. The lowest BCUT2D eigenvalue weighted by atomic mass is 10.2. The largest absolute Gasteiger partial charge is 0.490 e. The molecule has 0 fully saturated rings. The second-order valence-corrected chi connectivity index (χ2v) is 6.96. The van der Waals surface area contributed by atoms with E-state index in [-0.39, 0.29) is 42.4 Å². The average Bonchev–Trinajstić information content (AvgIpc) is 2.88. The first-order valence-corrected chi connectivity index (χ1v) is 9.33. The Morgan fingerprint density at radius 2 is 1.89 bits per heavy atom. The van der Waals surface area contributed by atoms with Gasteiger partial charge in [-0.05, 0) is 36.8 Å². The maximum absolute atomic E-state index is 12.1. The minimum absolute atomic E-state index is 0. The molecule has 0 bridgehead atoms. The summed E-state index contributed by atoms with van der Waals surface area (Å²) in [5.41, 5.74) is 8.30. The Labute approximate surface area is 189 Å². The van der Waals surface area contributed by atoms with Gasteiger partial charge in [-0.3, -0.25) is 4.79 Å². The van der Waals surface area contributed by atoms with E-state index in [9.17, 15) is 4.79 Å². The van der Waals surface area contributed by atoms with Gasteiger partial charge in [-0.15, -0.1) is 24.0 Å². The van der Waals surface area contributed by atoms with Gasteiger partial charge in [0.2, 0.25) is 5.91 Å². The van der Waals surface area contributed by atoms with E-state index in [1.54, 1.807) is 6.07 Å². The predicted octanol–water partition coefficient (Wildman–Crippen LogP) is 3.90. The van der Waals surface area contributed by atoms with Crippen molar-refractivity contribution in [3.63, 3.8) is 0 Å². The highest BCUT2D eigenvalue weighted by Crippen LogP contribution is 2.32. The lowest BCUT2D eigenvalue weighted by Gasteiger charge is -2.11. The van der Waals surface area contributed by atoms with E-state index < -0.39 is 0 Å². The smallest absolute Gasteiger partial charge is 0.246 e. The van der Waals surface area contributed by atoms with E-state index in [1.807, 2.05) is 37.3 Å². The van der Waals surface area contributed by atoms with Crippen LogP contribution in [0.3, 0.4) is 0 Å². The zero-order chi connectivity index (χ0) is 19.2. The number of ether oxygens (including phenoxy) is 2. The number of hydrogen-bond acceptors (Lipinski definition) is 4. The molecule has 2 aromatic carbocycles. The minimum Gasteiger partial charge on any atom is -0.490 e. The maximum atomic E-state index is 12.1. The third kappa shape index (κ3) is 6.26. The van der Waals surface area contributed by atoms with Crippen LogP contribution in [-0.4, -0.2) is 31.6 Å². The van der Waals surface area contributed by atoms with E-state index in [2.05, 4.69) is 31.6 Å². The van der Waals surface area contributed by atoms with Gasteiger partial charge >= 0.3 is 0 Å². The quantitative estimate of drug-likeness (QED) is 0.299. The van der Waals surface area contributed by atoms with E-state index in [1.165, 1.54) is 0 Å². The molecule has 1 amide bonds. The van der Waals surface area contributed by atoms with Gasteiger partial charge in [0.15, 0.2) is 17.5 Å². The van der Waals surface area contributed by atoms with Gasteiger partial charge in [0.05, 0.1) is 13.2 Å². The summed E-state index contributed by atoms with van der Waals surface area (Å²) in [5, 5.41) is 5.78. The summed E-state index contributed by atoms with van der Waals surface area (Å²) in [4.78, 5) is 16.2. The Hall–Kier alpha value is -2.01. The number of guanidine groups is 1. The summed E-state index contributed by atoms with van der Waals surface area (Å²) in [5.74, 6) is 1.26. The van der Waals surface area contributed by atoms with Gasteiger partial charge in [-0.2, -0.15) is 0 Å². The summed E-state index contributed by atoms with van der Waals surface area (Å²) >= 11 is 3.39. The Bertz CT molecular complexity index is 876. The highest BCUT2D eigenvalue weighted by atomic mass is 127. The third-order valence-electron chi connectivity index (χ3n) is 3.89. The number of aliphatic imine (C=N–C) groups is 1. The van der Waals surface area contributed by atoms with Gasteiger partial charge in [0, 0.05) is 28.3 Å². The van der Waals surface area contributed by atoms with Gasteiger partial charge in [0.1, 0.15) is 6.54 Å². The Kier molecular flexibility index (Phi) is 8.36. The fraction of sp³-hybridized carbons (Fsp3) is 0.263. The SMILES string of the molecule is Cc1ccc(Br)cc1NC(=O)CN=C(N)Nc1ccc2c(c1)OCCCO2.I. The Morgan fingerprint density at radius 1 is 1.14 bits per heavy atom. The summed E-state index contributed by atoms with van der Waals surface area (Å²) in [7, 11) is 0. The topological polar surface area (TPSA) is 98.0 Å². The van der Waals surface area contributed by atoms with Crippen molar-refractivity contribution in [1.29, 1.82) is 0 Å². The Balaban J connectivity index is 0.00000280. The molecule has 28 heavy (non-hydrogen) atoms. The van der Waals surface area contributed by atoms with E-state index in [0.717, 1.165) is 22.1 Å². The van der Waals surface area contributed by atoms with Crippen molar-refractivity contribution < 1.29 is 14.3 Å². The van der Waals surface area contributed by atoms with Crippen molar-refractivity contribution in [2.75, 3.05) is 30.4 Å².